The molecule has 1 aliphatic heterocycles. The van der Waals surface area contributed by atoms with Gasteiger partial charge in [-0.2, -0.15) is 0 Å². The minimum absolute atomic E-state index is 0.0434. The normalized spacial score (nSPS) is 24.1. The number of halogens is 1. The average molecular weight is 344 g/mol. The number of piperidine rings is 1. The Labute approximate surface area is 143 Å². The van der Waals surface area contributed by atoms with Crippen LogP contribution in [-0.4, -0.2) is 45.4 Å². The number of hydrogen-bond donors (Lipinski definition) is 2. The maximum atomic E-state index is 13.1. The fraction of sp³-hybridized carbons (Fsp3) is 0.333. The second-order valence-electron chi connectivity index (χ2n) is 6.46. The van der Waals surface area contributed by atoms with Gasteiger partial charge in [-0.3, -0.25) is 0 Å². The summed E-state index contributed by atoms with van der Waals surface area (Å²) in [7, 11) is 0. The molecule has 1 amide bonds. The number of aromatic nitrogens is 1. The first kappa shape index (κ1) is 15.8. The molecule has 7 heteroatoms. The first-order valence-corrected chi connectivity index (χ1v) is 8.07. The standard InChI is InChI=1S/C18H17FN2O4/c19-12-3-1-11(2-4-12)15-5-10(9-22)6-16(20-15)25-17-13-7-21(18(23)24)8-14(13)17/h1-6,13-14,17,22H,7-9H2,(H,23,24)/t13-,14+,17?. The van der Waals surface area contributed by atoms with Crippen molar-refractivity contribution in [3.63, 3.8) is 0 Å². The number of aliphatic hydroxyl groups excluding tert-OH is 1. The molecule has 0 bridgehead atoms. The Kier molecular flexibility index (Phi) is 3.80. The van der Waals surface area contributed by atoms with E-state index in [1.165, 1.54) is 17.0 Å². The number of hydrogen-bond acceptors (Lipinski definition) is 4. The molecule has 1 aromatic carbocycles. The van der Waals surface area contributed by atoms with Gasteiger partial charge >= 0.3 is 6.09 Å². The van der Waals surface area contributed by atoms with Crippen molar-refractivity contribution in [3.05, 3.63) is 47.8 Å². The van der Waals surface area contributed by atoms with Crippen LogP contribution in [0.4, 0.5) is 9.18 Å². The molecule has 1 unspecified atom stereocenters. The highest BCUT2D eigenvalue weighted by Gasteiger charge is 2.59. The van der Waals surface area contributed by atoms with Gasteiger partial charge in [0.25, 0.3) is 0 Å². The van der Waals surface area contributed by atoms with Gasteiger partial charge < -0.3 is 19.8 Å². The topological polar surface area (TPSA) is 82.9 Å². The Bertz CT molecular complexity index is 799. The number of nitrogens with zero attached hydrogens (tertiary/aromatic N) is 2. The summed E-state index contributed by atoms with van der Waals surface area (Å²) >= 11 is 0. The highest BCUT2D eigenvalue weighted by atomic mass is 19.1. The van der Waals surface area contributed by atoms with Gasteiger partial charge in [0.2, 0.25) is 5.88 Å². The molecule has 2 fully saturated rings. The molecule has 1 aromatic heterocycles. The maximum Gasteiger partial charge on any atom is 0.407 e. The second kappa shape index (κ2) is 6.00. The SMILES string of the molecule is O=C(O)N1C[C@@H]2C(Oc3cc(CO)cc(-c4ccc(F)cc4)n3)[C@@H]2C1. The second-order valence-corrected chi connectivity index (χ2v) is 6.46. The quantitative estimate of drug-likeness (QED) is 0.890. The zero-order valence-electron chi connectivity index (χ0n) is 13.3. The molecule has 1 saturated heterocycles. The minimum atomic E-state index is -0.898. The van der Waals surface area contributed by atoms with E-state index in [2.05, 4.69) is 4.98 Å². The molecule has 0 radical (unpaired) electrons. The number of amides is 1. The van der Waals surface area contributed by atoms with Crippen molar-refractivity contribution in [2.45, 2.75) is 12.7 Å². The predicted octanol–water partition coefficient (Wildman–Crippen LogP) is 2.37. The largest absolute Gasteiger partial charge is 0.474 e. The Morgan fingerprint density at radius 2 is 1.92 bits per heavy atom. The number of aliphatic hydroxyl groups is 1. The van der Waals surface area contributed by atoms with Crippen LogP contribution in [0, 0.1) is 17.7 Å². The third-order valence-electron chi connectivity index (χ3n) is 4.83. The molecule has 2 N–H and O–H groups in total. The molecule has 2 heterocycles. The highest BCUT2D eigenvalue weighted by molar-refractivity contribution is 5.66. The minimum Gasteiger partial charge on any atom is -0.474 e. The molecule has 6 nitrogen and oxygen atoms in total. The molecule has 1 saturated carbocycles. The van der Waals surface area contributed by atoms with Crippen LogP contribution in [0.2, 0.25) is 0 Å². The zero-order chi connectivity index (χ0) is 17.6. The van der Waals surface area contributed by atoms with Crippen molar-refractivity contribution in [1.82, 2.24) is 9.88 Å². The smallest absolute Gasteiger partial charge is 0.407 e. The number of ether oxygens (including phenoxy) is 1. The number of benzene rings is 1. The lowest BCUT2D eigenvalue weighted by molar-refractivity contribution is 0.139. The number of carboxylic acid groups (broad SMARTS) is 1. The Balaban J connectivity index is 1.52. The number of carbonyl (C=O) groups is 1. The molecule has 1 aliphatic carbocycles. The van der Waals surface area contributed by atoms with Gasteiger partial charge in [0, 0.05) is 36.6 Å². The van der Waals surface area contributed by atoms with Crippen molar-refractivity contribution >= 4 is 6.09 Å². The summed E-state index contributed by atoms with van der Waals surface area (Å²) in [6.45, 7) is 0.807. The van der Waals surface area contributed by atoms with E-state index in [1.807, 2.05) is 0 Å². The summed E-state index contributed by atoms with van der Waals surface area (Å²) in [6, 6.07) is 9.37. The van der Waals surface area contributed by atoms with Gasteiger partial charge in [-0.05, 0) is 35.9 Å². The number of pyridine rings is 1. The summed E-state index contributed by atoms with van der Waals surface area (Å²) in [6.07, 6.45) is -0.942. The molecule has 25 heavy (non-hydrogen) atoms. The van der Waals surface area contributed by atoms with Gasteiger partial charge in [-0.25, -0.2) is 14.2 Å². The first-order valence-electron chi connectivity index (χ1n) is 8.07. The zero-order valence-corrected chi connectivity index (χ0v) is 13.3. The summed E-state index contributed by atoms with van der Waals surface area (Å²) in [5, 5.41) is 18.5. The van der Waals surface area contributed by atoms with Gasteiger partial charge in [0.1, 0.15) is 11.9 Å². The molecule has 130 valence electrons. The van der Waals surface area contributed by atoms with Crippen LogP contribution in [0.15, 0.2) is 36.4 Å². The van der Waals surface area contributed by atoms with Gasteiger partial charge in [-0.15, -0.1) is 0 Å². The first-order chi connectivity index (χ1) is 12.0. The molecule has 2 aliphatic rings. The molecule has 2 aromatic rings. The van der Waals surface area contributed by atoms with Crippen LogP contribution in [0.5, 0.6) is 5.88 Å². The lowest BCUT2D eigenvalue weighted by Gasteiger charge is -2.17. The van der Waals surface area contributed by atoms with E-state index in [0.717, 1.165) is 5.56 Å². The van der Waals surface area contributed by atoms with E-state index in [1.54, 1.807) is 24.3 Å². The van der Waals surface area contributed by atoms with E-state index < -0.39 is 6.09 Å². The monoisotopic (exact) mass is 344 g/mol. The van der Waals surface area contributed by atoms with E-state index in [4.69, 9.17) is 9.84 Å². The summed E-state index contributed by atoms with van der Waals surface area (Å²) in [4.78, 5) is 16.8. The third-order valence-corrected chi connectivity index (χ3v) is 4.83. The van der Waals surface area contributed by atoms with Crippen molar-refractivity contribution < 1.29 is 24.1 Å². The summed E-state index contributed by atoms with van der Waals surface area (Å²) in [5.74, 6) is 0.467. The van der Waals surface area contributed by atoms with Crippen molar-refractivity contribution in [1.29, 1.82) is 0 Å². The predicted molar refractivity (Wildman–Crippen MR) is 86.5 cm³/mol. The number of rotatable bonds is 4. The van der Waals surface area contributed by atoms with Crippen molar-refractivity contribution in [3.8, 4) is 17.1 Å². The Morgan fingerprint density at radius 1 is 1.24 bits per heavy atom. The Morgan fingerprint density at radius 3 is 2.52 bits per heavy atom. The van der Waals surface area contributed by atoms with E-state index >= 15 is 0 Å². The highest BCUT2D eigenvalue weighted by Crippen LogP contribution is 2.47. The fourth-order valence-electron chi connectivity index (χ4n) is 3.42. The van der Waals surface area contributed by atoms with E-state index in [9.17, 15) is 14.3 Å². The van der Waals surface area contributed by atoms with Gasteiger partial charge in [-0.1, -0.05) is 0 Å². The molecular formula is C18H17FN2O4. The van der Waals surface area contributed by atoms with Gasteiger partial charge in [0.05, 0.1) is 12.3 Å². The van der Waals surface area contributed by atoms with Gasteiger partial charge in [0.15, 0.2) is 0 Å². The lowest BCUT2D eigenvalue weighted by atomic mass is 10.1. The fourth-order valence-corrected chi connectivity index (χ4v) is 3.42. The van der Waals surface area contributed by atoms with Crippen LogP contribution in [0.25, 0.3) is 11.3 Å². The Hall–Kier alpha value is -2.67. The number of fused-ring (bicyclic) bond motifs is 1. The van der Waals surface area contributed by atoms with Crippen LogP contribution < -0.4 is 4.74 Å². The third kappa shape index (κ3) is 3.02. The number of likely N-dealkylation sites (tertiary alicyclic amines) is 1. The van der Waals surface area contributed by atoms with E-state index in [-0.39, 0.29) is 30.4 Å². The van der Waals surface area contributed by atoms with Crippen LogP contribution in [-0.2, 0) is 6.61 Å². The van der Waals surface area contributed by atoms with Crippen molar-refractivity contribution in [2.24, 2.45) is 11.8 Å². The van der Waals surface area contributed by atoms with Crippen molar-refractivity contribution in [2.75, 3.05) is 13.1 Å². The maximum absolute atomic E-state index is 13.1. The van der Waals surface area contributed by atoms with Crippen LogP contribution in [0.3, 0.4) is 0 Å². The molecule has 3 atom stereocenters. The molecular weight excluding hydrogens is 327 g/mol. The summed E-state index contributed by atoms with van der Waals surface area (Å²) < 4.78 is 19.0. The van der Waals surface area contributed by atoms with E-state index in [0.29, 0.717) is 30.2 Å². The van der Waals surface area contributed by atoms with Crippen LogP contribution in [0.1, 0.15) is 5.56 Å². The molecule has 0 spiro atoms. The average Bonchev–Trinajstić information content (AvgIpc) is 3.05. The molecule has 4 rings (SSSR count). The van der Waals surface area contributed by atoms with Crippen LogP contribution >= 0.6 is 0 Å². The lowest BCUT2D eigenvalue weighted by Crippen LogP contribution is -2.31. The summed E-state index contributed by atoms with van der Waals surface area (Å²) in [5.41, 5.74) is 1.98.